The van der Waals surface area contributed by atoms with Crippen LogP contribution in [0.1, 0.15) is 32.3 Å². The summed E-state index contributed by atoms with van der Waals surface area (Å²) in [6.45, 7) is 4.29. The summed E-state index contributed by atoms with van der Waals surface area (Å²) in [5.41, 5.74) is 1.60. The fourth-order valence-electron chi connectivity index (χ4n) is 3.50. The number of hydrogen-bond acceptors (Lipinski definition) is 5. The molecule has 2 heterocycles. The van der Waals surface area contributed by atoms with E-state index in [-0.39, 0.29) is 17.4 Å². The highest BCUT2D eigenvalue weighted by molar-refractivity contribution is 7.89. The number of carbonyl (C=O) groups excluding carboxylic acids is 2. The zero-order valence-corrected chi connectivity index (χ0v) is 15.2. The average molecular weight is 366 g/mol. The Morgan fingerprint density at radius 1 is 1.28 bits per heavy atom. The molecule has 1 atom stereocenters. The van der Waals surface area contributed by atoms with Crippen LogP contribution in [0.4, 0.5) is 5.69 Å². The van der Waals surface area contributed by atoms with E-state index in [0.717, 1.165) is 11.3 Å². The van der Waals surface area contributed by atoms with E-state index in [9.17, 15) is 18.0 Å². The molecule has 0 N–H and O–H groups in total. The van der Waals surface area contributed by atoms with Gasteiger partial charge in [-0.3, -0.25) is 9.59 Å². The van der Waals surface area contributed by atoms with Crippen LogP contribution in [0.25, 0.3) is 0 Å². The van der Waals surface area contributed by atoms with Crippen LogP contribution >= 0.6 is 0 Å². The first-order valence-electron chi connectivity index (χ1n) is 8.45. The van der Waals surface area contributed by atoms with Gasteiger partial charge >= 0.3 is 5.97 Å². The van der Waals surface area contributed by atoms with E-state index in [1.807, 2.05) is 0 Å². The van der Waals surface area contributed by atoms with Gasteiger partial charge in [0.25, 0.3) is 0 Å². The number of hydrogen-bond donors (Lipinski definition) is 0. The summed E-state index contributed by atoms with van der Waals surface area (Å²) < 4.78 is 32.3. The molecule has 0 saturated carbocycles. The van der Waals surface area contributed by atoms with Crippen molar-refractivity contribution in [3.63, 3.8) is 0 Å². The van der Waals surface area contributed by atoms with Crippen molar-refractivity contribution in [2.24, 2.45) is 0 Å². The molecule has 1 aromatic carbocycles. The lowest BCUT2D eigenvalue weighted by Gasteiger charge is -2.23. The summed E-state index contributed by atoms with van der Waals surface area (Å²) in [7, 11) is -3.78. The number of ether oxygens (including phenoxy) is 1. The molecule has 0 radical (unpaired) electrons. The van der Waals surface area contributed by atoms with E-state index in [0.29, 0.717) is 32.4 Å². The lowest BCUT2D eigenvalue weighted by atomic mass is 10.2. The molecule has 0 aromatic heterocycles. The van der Waals surface area contributed by atoms with Crippen molar-refractivity contribution >= 4 is 27.6 Å². The van der Waals surface area contributed by atoms with Crippen LogP contribution in [-0.4, -0.2) is 50.3 Å². The quantitative estimate of drug-likeness (QED) is 0.750. The van der Waals surface area contributed by atoms with Gasteiger partial charge in [0.15, 0.2) is 0 Å². The highest BCUT2D eigenvalue weighted by atomic mass is 32.2. The van der Waals surface area contributed by atoms with Crippen LogP contribution in [0.5, 0.6) is 0 Å². The number of sulfonamides is 1. The van der Waals surface area contributed by atoms with Crippen molar-refractivity contribution < 1.29 is 22.7 Å². The van der Waals surface area contributed by atoms with Gasteiger partial charge in [0.05, 0.1) is 11.5 Å². The second-order valence-electron chi connectivity index (χ2n) is 6.24. The van der Waals surface area contributed by atoms with Gasteiger partial charge in [0.2, 0.25) is 15.9 Å². The number of nitrogens with zero attached hydrogens (tertiary/aromatic N) is 2. The Bertz CT molecular complexity index is 805. The number of fused-ring (bicyclic) bond motifs is 1. The van der Waals surface area contributed by atoms with Gasteiger partial charge in [0.1, 0.15) is 6.04 Å². The van der Waals surface area contributed by atoms with E-state index >= 15 is 0 Å². The van der Waals surface area contributed by atoms with Crippen molar-refractivity contribution in [3.8, 4) is 0 Å². The normalized spacial score (nSPS) is 20.6. The predicted octanol–water partition coefficient (Wildman–Crippen LogP) is 1.31. The lowest BCUT2D eigenvalue weighted by molar-refractivity contribution is -0.146. The van der Waals surface area contributed by atoms with Gasteiger partial charge in [-0.2, -0.15) is 4.31 Å². The molecule has 0 bridgehead atoms. The van der Waals surface area contributed by atoms with Gasteiger partial charge < -0.3 is 9.64 Å². The fraction of sp³-hybridized carbons (Fsp3) is 0.529. The monoisotopic (exact) mass is 366 g/mol. The number of benzene rings is 1. The Hall–Kier alpha value is -1.93. The Morgan fingerprint density at radius 3 is 2.72 bits per heavy atom. The summed E-state index contributed by atoms with van der Waals surface area (Å²) in [6.07, 6.45) is 1.73. The second kappa shape index (κ2) is 6.76. The SMILES string of the molecule is CCOC(=O)C1CCCN1S(=O)(=O)c1ccc2c(c1)CCN2C(C)=O. The largest absolute Gasteiger partial charge is 0.465 e. The van der Waals surface area contributed by atoms with Crippen molar-refractivity contribution in [2.75, 3.05) is 24.6 Å². The summed E-state index contributed by atoms with van der Waals surface area (Å²) >= 11 is 0. The number of amides is 1. The smallest absolute Gasteiger partial charge is 0.324 e. The van der Waals surface area contributed by atoms with Gasteiger partial charge in [0, 0.05) is 25.7 Å². The summed E-state index contributed by atoms with van der Waals surface area (Å²) in [6, 6.07) is 4.04. The van der Waals surface area contributed by atoms with E-state index < -0.39 is 22.0 Å². The van der Waals surface area contributed by atoms with Crippen LogP contribution in [0.3, 0.4) is 0 Å². The zero-order valence-electron chi connectivity index (χ0n) is 14.4. The van der Waals surface area contributed by atoms with Crippen LogP contribution in [0.2, 0.25) is 0 Å². The first-order chi connectivity index (χ1) is 11.9. The minimum Gasteiger partial charge on any atom is -0.465 e. The van der Waals surface area contributed by atoms with E-state index in [1.165, 1.54) is 17.3 Å². The molecule has 2 aliphatic heterocycles. The first kappa shape index (κ1) is 17.9. The number of esters is 1. The molecule has 25 heavy (non-hydrogen) atoms. The summed E-state index contributed by atoms with van der Waals surface area (Å²) in [4.78, 5) is 25.5. The third kappa shape index (κ3) is 3.16. The van der Waals surface area contributed by atoms with Crippen molar-refractivity contribution in [1.82, 2.24) is 4.31 Å². The minimum atomic E-state index is -3.78. The molecule has 7 nitrogen and oxygen atoms in total. The van der Waals surface area contributed by atoms with E-state index in [1.54, 1.807) is 24.0 Å². The van der Waals surface area contributed by atoms with Crippen molar-refractivity contribution in [3.05, 3.63) is 23.8 Å². The maximum Gasteiger partial charge on any atom is 0.324 e. The second-order valence-corrected chi connectivity index (χ2v) is 8.13. The van der Waals surface area contributed by atoms with Gasteiger partial charge in [-0.25, -0.2) is 8.42 Å². The van der Waals surface area contributed by atoms with Crippen LogP contribution in [-0.2, 0) is 30.8 Å². The molecule has 1 amide bonds. The molecule has 8 heteroatoms. The number of anilines is 1. The van der Waals surface area contributed by atoms with Gasteiger partial charge in [-0.15, -0.1) is 0 Å². The molecule has 2 aliphatic rings. The maximum atomic E-state index is 13.0. The average Bonchev–Trinajstić information content (AvgIpc) is 3.21. The number of carbonyl (C=O) groups is 2. The molecular formula is C17H22N2O5S. The Kier molecular flexibility index (Phi) is 4.83. The molecular weight excluding hydrogens is 344 g/mol. The molecule has 1 unspecified atom stereocenters. The minimum absolute atomic E-state index is 0.0590. The standard InChI is InChI=1S/C17H22N2O5S/c1-3-24-17(21)16-5-4-9-19(16)25(22,23)14-6-7-15-13(11-14)8-10-18(15)12(2)20/h6-7,11,16H,3-5,8-10H2,1-2H3. The van der Waals surface area contributed by atoms with Crippen LogP contribution in [0.15, 0.2) is 23.1 Å². The van der Waals surface area contributed by atoms with E-state index in [4.69, 9.17) is 4.74 Å². The Balaban J connectivity index is 1.91. The first-order valence-corrected chi connectivity index (χ1v) is 9.89. The maximum absolute atomic E-state index is 13.0. The fourth-order valence-corrected chi connectivity index (χ4v) is 5.20. The highest BCUT2D eigenvalue weighted by Gasteiger charge is 2.40. The van der Waals surface area contributed by atoms with Gasteiger partial charge in [-0.1, -0.05) is 0 Å². The molecule has 136 valence electrons. The molecule has 1 fully saturated rings. The number of rotatable bonds is 4. The van der Waals surface area contributed by atoms with Crippen LogP contribution < -0.4 is 4.90 Å². The van der Waals surface area contributed by atoms with Crippen LogP contribution in [0, 0.1) is 0 Å². The third-order valence-electron chi connectivity index (χ3n) is 4.70. The Labute approximate surface area is 147 Å². The highest BCUT2D eigenvalue weighted by Crippen LogP contribution is 2.33. The molecule has 0 spiro atoms. The summed E-state index contributed by atoms with van der Waals surface area (Å²) in [5.74, 6) is -0.552. The third-order valence-corrected chi connectivity index (χ3v) is 6.60. The molecule has 3 rings (SSSR count). The topological polar surface area (TPSA) is 84.0 Å². The van der Waals surface area contributed by atoms with Crippen molar-refractivity contribution in [2.45, 2.75) is 44.0 Å². The van der Waals surface area contributed by atoms with Crippen molar-refractivity contribution in [1.29, 1.82) is 0 Å². The molecule has 1 aromatic rings. The lowest BCUT2D eigenvalue weighted by Crippen LogP contribution is -2.41. The van der Waals surface area contributed by atoms with Gasteiger partial charge in [-0.05, 0) is 49.9 Å². The summed E-state index contributed by atoms with van der Waals surface area (Å²) in [5, 5.41) is 0. The Morgan fingerprint density at radius 2 is 2.04 bits per heavy atom. The van der Waals surface area contributed by atoms with E-state index in [2.05, 4.69) is 0 Å². The zero-order chi connectivity index (χ0) is 18.2. The molecule has 1 saturated heterocycles. The molecule has 0 aliphatic carbocycles. The predicted molar refractivity (Wildman–Crippen MR) is 91.7 cm³/mol.